The van der Waals surface area contributed by atoms with Crippen LogP contribution in [0.4, 0.5) is 5.69 Å². The van der Waals surface area contributed by atoms with Gasteiger partial charge in [0.25, 0.3) is 0 Å². The molecule has 1 atom stereocenters. The number of nitrogens with two attached hydrogens (primary N) is 1. The van der Waals surface area contributed by atoms with E-state index in [1.54, 1.807) is 12.1 Å². The molecule has 1 aliphatic rings. The molecule has 1 aliphatic heterocycles. The second-order valence-corrected chi connectivity index (χ2v) is 10.1. The Bertz CT molecular complexity index is 1280. The van der Waals surface area contributed by atoms with Crippen molar-refractivity contribution in [2.24, 2.45) is 10.7 Å². The minimum absolute atomic E-state index is 0.0187. The summed E-state index contributed by atoms with van der Waals surface area (Å²) >= 11 is 0. The number of carbonyl (C=O) groups is 1. The Morgan fingerprint density at radius 3 is 2.35 bits per heavy atom. The Balaban J connectivity index is 1.39. The van der Waals surface area contributed by atoms with Crippen LogP contribution in [-0.2, 0) is 11.2 Å². The van der Waals surface area contributed by atoms with Crippen LogP contribution >= 0.6 is 0 Å². The zero-order valence-electron chi connectivity index (χ0n) is 23.1. The minimum atomic E-state index is -0.315. The summed E-state index contributed by atoms with van der Waals surface area (Å²) in [5.74, 6) is 1.50. The summed E-state index contributed by atoms with van der Waals surface area (Å²) in [4.78, 5) is 20.9. The Morgan fingerprint density at radius 1 is 1.05 bits per heavy atom. The van der Waals surface area contributed by atoms with Crippen LogP contribution in [0.3, 0.4) is 0 Å². The van der Waals surface area contributed by atoms with Crippen LogP contribution in [0.1, 0.15) is 36.8 Å². The molecule has 1 heterocycles. The van der Waals surface area contributed by atoms with E-state index >= 15 is 0 Å². The van der Waals surface area contributed by atoms with E-state index in [1.165, 1.54) is 23.3 Å². The SMILES string of the molecule is Cc1ccc(Oc2ccc(N=C(N)N(C#N)[C@H](CCC(=O)NCCN3CCCC3)Cc3ccccc3)cc2)cc1. The van der Waals surface area contributed by atoms with E-state index < -0.39 is 0 Å². The molecule has 0 spiro atoms. The van der Waals surface area contributed by atoms with Crippen LogP contribution in [0, 0.1) is 18.4 Å². The van der Waals surface area contributed by atoms with Gasteiger partial charge in [-0.25, -0.2) is 9.89 Å². The molecule has 8 nitrogen and oxygen atoms in total. The van der Waals surface area contributed by atoms with E-state index in [1.807, 2.05) is 73.7 Å². The lowest BCUT2D eigenvalue weighted by atomic mass is 10.0. The average molecular weight is 539 g/mol. The number of hydrogen-bond acceptors (Lipinski definition) is 5. The van der Waals surface area contributed by atoms with E-state index in [-0.39, 0.29) is 17.9 Å². The van der Waals surface area contributed by atoms with Gasteiger partial charge in [0.15, 0.2) is 6.19 Å². The fraction of sp³-hybridized carbons (Fsp3) is 0.344. The first-order valence-electron chi connectivity index (χ1n) is 13.9. The van der Waals surface area contributed by atoms with Gasteiger partial charge in [0.1, 0.15) is 11.5 Å². The van der Waals surface area contributed by atoms with Crippen molar-refractivity contribution in [1.29, 1.82) is 5.26 Å². The molecule has 3 aromatic rings. The lowest BCUT2D eigenvalue weighted by Gasteiger charge is -2.26. The third-order valence-electron chi connectivity index (χ3n) is 7.02. The van der Waals surface area contributed by atoms with Crippen LogP contribution in [0.5, 0.6) is 11.5 Å². The van der Waals surface area contributed by atoms with Crippen molar-refractivity contribution in [2.45, 2.75) is 45.1 Å². The van der Waals surface area contributed by atoms with E-state index in [2.05, 4.69) is 21.4 Å². The van der Waals surface area contributed by atoms with Gasteiger partial charge in [-0.15, -0.1) is 0 Å². The maximum Gasteiger partial charge on any atom is 0.220 e. The molecule has 0 bridgehead atoms. The number of nitrogens with one attached hydrogen (secondary N) is 1. The standard InChI is InChI=1S/C32H38N6O2/c1-25-9-14-29(15-10-25)40-30-16-11-27(12-17-30)36-32(34)38(24-33)28(23-26-7-3-2-4-8-26)13-18-31(39)35-19-22-37-20-5-6-21-37/h2-4,7-12,14-17,28H,5-6,13,18-23H2,1H3,(H2,34,36)(H,35,39)/t28-/m1/s1. The molecular weight excluding hydrogens is 500 g/mol. The molecule has 0 radical (unpaired) electrons. The van der Waals surface area contributed by atoms with Gasteiger partial charge in [0.2, 0.25) is 11.9 Å². The largest absolute Gasteiger partial charge is 0.457 e. The summed E-state index contributed by atoms with van der Waals surface area (Å²) in [6.07, 6.45) is 6.00. The van der Waals surface area contributed by atoms with Crippen molar-refractivity contribution in [3.8, 4) is 17.7 Å². The third kappa shape index (κ3) is 8.85. The first-order chi connectivity index (χ1) is 19.5. The second kappa shape index (κ2) is 14.7. The highest BCUT2D eigenvalue weighted by molar-refractivity contribution is 5.83. The number of likely N-dealkylation sites (tertiary alicyclic amines) is 1. The highest BCUT2D eigenvalue weighted by Crippen LogP contribution is 2.25. The van der Waals surface area contributed by atoms with Gasteiger partial charge in [-0.05, 0) is 87.7 Å². The van der Waals surface area contributed by atoms with Crippen LogP contribution in [0.25, 0.3) is 0 Å². The van der Waals surface area contributed by atoms with Gasteiger partial charge < -0.3 is 20.7 Å². The van der Waals surface area contributed by atoms with Crippen LogP contribution in [-0.4, -0.2) is 53.9 Å². The van der Waals surface area contributed by atoms with Gasteiger partial charge in [-0.1, -0.05) is 48.0 Å². The highest BCUT2D eigenvalue weighted by Gasteiger charge is 2.22. The quantitative estimate of drug-likeness (QED) is 0.143. The molecule has 1 fully saturated rings. The lowest BCUT2D eigenvalue weighted by Crippen LogP contribution is -2.43. The number of amides is 1. The maximum absolute atomic E-state index is 12.6. The fourth-order valence-corrected chi connectivity index (χ4v) is 4.79. The highest BCUT2D eigenvalue weighted by atomic mass is 16.5. The molecule has 0 aliphatic carbocycles. The van der Waals surface area contributed by atoms with E-state index in [9.17, 15) is 10.1 Å². The number of benzene rings is 3. The topological polar surface area (TPSA) is 107 Å². The number of carbonyl (C=O) groups excluding carboxylic acids is 1. The summed E-state index contributed by atoms with van der Waals surface area (Å²) in [7, 11) is 0. The first kappa shape index (κ1) is 28.7. The molecule has 0 saturated carbocycles. The number of rotatable bonds is 12. The Kier molecular flexibility index (Phi) is 10.5. The summed E-state index contributed by atoms with van der Waals surface area (Å²) in [5.41, 5.74) is 9.19. The van der Waals surface area contributed by atoms with Gasteiger partial charge in [0.05, 0.1) is 11.7 Å². The number of ether oxygens (including phenoxy) is 1. The van der Waals surface area contributed by atoms with Crippen molar-refractivity contribution in [2.75, 3.05) is 26.2 Å². The molecule has 8 heteroatoms. The van der Waals surface area contributed by atoms with Crippen molar-refractivity contribution >= 4 is 17.6 Å². The third-order valence-corrected chi connectivity index (χ3v) is 7.02. The van der Waals surface area contributed by atoms with Crippen LogP contribution in [0.15, 0.2) is 83.9 Å². The molecule has 3 N–H and O–H groups in total. The maximum atomic E-state index is 12.6. The Hall–Kier alpha value is -4.35. The number of hydrogen-bond donors (Lipinski definition) is 2. The number of nitriles is 1. The van der Waals surface area contributed by atoms with Crippen LogP contribution in [0.2, 0.25) is 0 Å². The van der Waals surface area contributed by atoms with Crippen LogP contribution < -0.4 is 15.8 Å². The number of nitrogens with zero attached hydrogens (tertiary/aromatic N) is 4. The predicted octanol–water partition coefficient (Wildman–Crippen LogP) is 5.12. The van der Waals surface area contributed by atoms with E-state index in [4.69, 9.17) is 10.5 Å². The number of guanidine groups is 1. The zero-order chi connectivity index (χ0) is 28.2. The first-order valence-corrected chi connectivity index (χ1v) is 13.9. The van der Waals surface area contributed by atoms with Gasteiger partial charge in [-0.3, -0.25) is 4.79 Å². The molecule has 40 heavy (non-hydrogen) atoms. The number of aliphatic imine (C=N–C) groups is 1. The predicted molar refractivity (Wildman–Crippen MR) is 158 cm³/mol. The number of aryl methyl sites for hydroxylation is 1. The lowest BCUT2D eigenvalue weighted by molar-refractivity contribution is -0.121. The van der Waals surface area contributed by atoms with Crippen molar-refractivity contribution in [1.82, 2.24) is 15.1 Å². The summed E-state index contributed by atoms with van der Waals surface area (Å²) < 4.78 is 5.89. The van der Waals surface area contributed by atoms with E-state index in [0.717, 1.165) is 30.9 Å². The molecule has 4 rings (SSSR count). The van der Waals surface area contributed by atoms with Crippen molar-refractivity contribution in [3.63, 3.8) is 0 Å². The fourth-order valence-electron chi connectivity index (χ4n) is 4.79. The summed E-state index contributed by atoms with van der Waals surface area (Å²) in [6, 6.07) is 24.7. The normalized spacial score (nSPS) is 14.3. The Morgan fingerprint density at radius 2 is 1.70 bits per heavy atom. The second-order valence-electron chi connectivity index (χ2n) is 10.1. The summed E-state index contributed by atoms with van der Waals surface area (Å²) in [5, 5.41) is 13.1. The van der Waals surface area contributed by atoms with Gasteiger partial charge >= 0.3 is 0 Å². The molecule has 1 saturated heterocycles. The van der Waals surface area contributed by atoms with E-state index in [0.29, 0.717) is 37.2 Å². The molecule has 0 unspecified atom stereocenters. The summed E-state index contributed by atoms with van der Waals surface area (Å²) in [6.45, 7) is 5.75. The molecule has 0 aromatic heterocycles. The van der Waals surface area contributed by atoms with Gasteiger partial charge in [0, 0.05) is 19.5 Å². The molecular formula is C32H38N6O2. The molecule has 3 aromatic carbocycles. The molecule has 208 valence electrons. The van der Waals surface area contributed by atoms with Crippen molar-refractivity contribution < 1.29 is 9.53 Å². The minimum Gasteiger partial charge on any atom is -0.457 e. The Labute approximate surface area is 237 Å². The zero-order valence-corrected chi connectivity index (χ0v) is 23.1. The molecule has 1 amide bonds. The smallest absolute Gasteiger partial charge is 0.220 e. The monoisotopic (exact) mass is 538 g/mol. The van der Waals surface area contributed by atoms with Crippen molar-refractivity contribution in [3.05, 3.63) is 90.0 Å². The average Bonchev–Trinajstić information content (AvgIpc) is 3.48. The van der Waals surface area contributed by atoms with Gasteiger partial charge in [-0.2, -0.15) is 5.26 Å².